The summed E-state index contributed by atoms with van der Waals surface area (Å²) in [6.07, 6.45) is 1.95. The predicted octanol–water partition coefficient (Wildman–Crippen LogP) is 1.02. The van der Waals surface area contributed by atoms with Gasteiger partial charge < -0.3 is 5.32 Å². The molecule has 15 heavy (non-hydrogen) atoms. The zero-order valence-corrected chi connectivity index (χ0v) is 9.02. The molecule has 1 N–H and O–H groups in total. The minimum atomic E-state index is -0.826. The maximum atomic E-state index is 12.0. The first-order valence-corrected chi connectivity index (χ1v) is 6.01. The van der Waals surface area contributed by atoms with Crippen LogP contribution in [-0.2, 0) is 21.4 Å². The van der Waals surface area contributed by atoms with E-state index in [2.05, 4.69) is 5.32 Å². The molecular formula is C11H11NO2S. The van der Waals surface area contributed by atoms with E-state index < -0.39 is 5.41 Å². The van der Waals surface area contributed by atoms with Gasteiger partial charge in [0.1, 0.15) is 5.41 Å². The summed E-state index contributed by atoms with van der Waals surface area (Å²) in [7, 11) is 0. The van der Waals surface area contributed by atoms with Crippen molar-refractivity contribution in [3.63, 3.8) is 0 Å². The second-order valence-electron chi connectivity index (χ2n) is 4.09. The molecule has 1 aliphatic heterocycles. The molecule has 1 saturated heterocycles. The van der Waals surface area contributed by atoms with E-state index in [9.17, 15) is 9.59 Å². The molecule has 1 unspecified atom stereocenters. The van der Waals surface area contributed by atoms with E-state index in [1.54, 1.807) is 11.3 Å². The molecule has 0 saturated carbocycles. The highest BCUT2D eigenvalue weighted by molar-refractivity contribution is 7.10. The van der Waals surface area contributed by atoms with Gasteiger partial charge in [0.2, 0.25) is 5.91 Å². The standard InChI is InChI=1S/C11H11NO2S/c13-9-2-1-8-7(3-6-15-8)11(9)4-5-12-10(11)14/h3,6H,1-2,4-5H2,(H,12,14). The fourth-order valence-electron chi connectivity index (χ4n) is 2.66. The third-order valence-corrected chi connectivity index (χ3v) is 4.41. The van der Waals surface area contributed by atoms with E-state index in [0.29, 0.717) is 19.4 Å². The largest absolute Gasteiger partial charge is 0.355 e. The first-order chi connectivity index (χ1) is 7.25. The molecule has 0 aromatic carbocycles. The first kappa shape index (κ1) is 9.09. The van der Waals surface area contributed by atoms with Crippen LogP contribution < -0.4 is 5.32 Å². The quantitative estimate of drug-likeness (QED) is 0.665. The van der Waals surface area contributed by atoms with Gasteiger partial charge >= 0.3 is 0 Å². The summed E-state index contributed by atoms with van der Waals surface area (Å²) in [5, 5.41) is 4.77. The van der Waals surface area contributed by atoms with Crippen LogP contribution in [0.4, 0.5) is 0 Å². The highest BCUT2D eigenvalue weighted by Gasteiger charge is 2.52. The van der Waals surface area contributed by atoms with E-state index in [4.69, 9.17) is 0 Å². The zero-order valence-electron chi connectivity index (χ0n) is 8.21. The second kappa shape index (κ2) is 2.92. The van der Waals surface area contributed by atoms with Gasteiger partial charge in [-0.25, -0.2) is 0 Å². The highest BCUT2D eigenvalue weighted by atomic mass is 32.1. The smallest absolute Gasteiger partial charge is 0.238 e. The number of carbonyl (C=O) groups excluding carboxylic acids is 2. The number of fused-ring (bicyclic) bond motifs is 2. The lowest BCUT2D eigenvalue weighted by Crippen LogP contribution is -2.45. The minimum Gasteiger partial charge on any atom is -0.355 e. The molecular weight excluding hydrogens is 210 g/mol. The molecule has 2 heterocycles. The van der Waals surface area contributed by atoms with Crippen molar-refractivity contribution in [2.24, 2.45) is 0 Å². The number of rotatable bonds is 0. The molecule has 1 spiro atoms. The number of aryl methyl sites for hydroxylation is 1. The summed E-state index contributed by atoms with van der Waals surface area (Å²) in [6.45, 7) is 0.625. The molecule has 1 amide bonds. The van der Waals surface area contributed by atoms with E-state index in [1.807, 2.05) is 11.4 Å². The lowest BCUT2D eigenvalue weighted by atomic mass is 9.70. The Bertz CT molecular complexity index is 451. The second-order valence-corrected chi connectivity index (χ2v) is 5.09. The highest BCUT2D eigenvalue weighted by Crippen LogP contribution is 2.42. The van der Waals surface area contributed by atoms with Gasteiger partial charge in [-0.2, -0.15) is 0 Å². The van der Waals surface area contributed by atoms with Gasteiger partial charge in [0.15, 0.2) is 5.78 Å². The number of carbonyl (C=O) groups is 2. The Labute approximate surface area is 91.5 Å². The van der Waals surface area contributed by atoms with E-state index in [0.717, 1.165) is 12.0 Å². The normalized spacial score (nSPS) is 29.3. The summed E-state index contributed by atoms with van der Waals surface area (Å²) in [5.41, 5.74) is 0.145. The molecule has 3 nitrogen and oxygen atoms in total. The van der Waals surface area contributed by atoms with Crippen LogP contribution in [0.25, 0.3) is 0 Å². The fourth-order valence-corrected chi connectivity index (χ4v) is 3.61. The van der Waals surface area contributed by atoms with Crippen LogP contribution >= 0.6 is 11.3 Å². The van der Waals surface area contributed by atoms with Gasteiger partial charge in [0.05, 0.1) is 0 Å². The lowest BCUT2D eigenvalue weighted by Gasteiger charge is -2.29. The Morgan fingerprint density at radius 3 is 2.93 bits per heavy atom. The first-order valence-electron chi connectivity index (χ1n) is 5.13. The van der Waals surface area contributed by atoms with Gasteiger partial charge in [-0.15, -0.1) is 11.3 Å². The molecule has 1 atom stereocenters. The summed E-state index contributed by atoms with van der Waals surface area (Å²) in [5.74, 6) is 0.00949. The van der Waals surface area contributed by atoms with Gasteiger partial charge in [-0.3, -0.25) is 9.59 Å². The van der Waals surface area contributed by atoms with Gasteiger partial charge in [-0.05, 0) is 29.9 Å². The van der Waals surface area contributed by atoms with Gasteiger partial charge in [0, 0.05) is 17.8 Å². The molecule has 4 heteroatoms. The van der Waals surface area contributed by atoms with Crippen LogP contribution in [0.2, 0.25) is 0 Å². The van der Waals surface area contributed by atoms with Crippen LogP contribution in [0, 0.1) is 0 Å². The summed E-state index contributed by atoms with van der Waals surface area (Å²) < 4.78 is 0. The Morgan fingerprint density at radius 2 is 2.20 bits per heavy atom. The Hall–Kier alpha value is -1.16. The van der Waals surface area contributed by atoms with Crippen molar-refractivity contribution in [2.75, 3.05) is 6.54 Å². The minimum absolute atomic E-state index is 0.0909. The third kappa shape index (κ3) is 1.00. The molecule has 2 aliphatic rings. The van der Waals surface area contributed by atoms with Crippen molar-refractivity contribution in [1.82, 2.24) is 5.32 Å². The monoisotopic (exact) mass is 221 g/mol. The summed E-state index contributed by atoms with van der Waals surface area (Å²) in [6, 6.07) is 1.95. The van der Waals surface area contributed by atoms with Crippen molar-refractivity contribution in [2.45, 2.75) is 24.7 Å². The molecule has 3 rings (SSSR count). The predicted molar refractivity (Wildman–Crippen MR) is 57.0 cm³/mol. The number of amides is 1. The molecule has 1 aliphatic carbocycles. The molecule has 1 fully saturated rings. The van der Waals surface area contributed by atoms with Crippen molar-refractivity contribution >= 4 is 23.0 Å². The van der Waals surface area contributed by atoms with Crippen LogP contribution in [-0.4, -0.2) is 18.2 Å². The van der Waals surface area contributed by atoms with E-state index in [1.165, 1.54) is 4.88 Å². The molecule has 1 aromatic rings. The van der Waals surface area contributed by atoms with E-state index in [-0.39, 0.29) is 11.7 Å². The van der Waals surface area contributed by atoms with Crippen molar-refractivity contribution in [3.05, 3.63) is 21.9 Å². The summed E-state index contributed by atoms with van der Waals surface area (Å²) in [4.78, 5) is 25.1. The average molecular weight is 221 g/mol. The third-order valence-electron chi connectivity index (χ3n) is 3.43. The number of Topliss-reactive ketones (excluding diaryl/α,β-unsaturated/α-hetero) is 1. The van der Waals surface area contributed by atoms with Crippen LogP contribution in [0.15, 0.2) is 11.4 Å². The number of hydrogen-bond acceptors (Lipinski definition) is 3. The maximum absolute atomic E-state index is 12.0. The Balaban J connectivity index is 2.23. The number of thiophene rings is 1. The lowest BCUT2D eigenvalue weighted by molar-refractivity contribution is -0.134. The molecule has 0 bridgehead atoms. The molecule has 78 valence electrons. The Kier molecular flexibility index (Phi) is 1.77. The topological polar surface area (TPSA) is 46.2 Å². The van der Waals surface area contributed by atoms with E-state index >= 15 is 0 Å². The van der Waals surface area contributed by atoms with Crippen LogP contribution in [0.3, 0.4) is 0 Å². The van der Waals surface area contributed by atoms with Crippen molar-refractivity contribution in [1.29, 1.82) is 0 Å². The van der Waals surface area contributed by atoms with Crippen LogP contribution in [0.5, 0.6) is 0 Å². The fraction of sp³-hybridized carbons (Fsp3) is 0.455. The van der Waals surface area contributed by atoms with Gasteiger partial charge in [0.25, 0.3) is 0 Å². The van der Waals surface area contributed by atoms with Crippen molar-refractivity contribution in [3.8, 4) is 0 Å². The molecule has 0 radical (unpaired) electrons. The van der Waals surface area contributed by atoms with Gasteiger partial charge in [-0.1, -0.05) is 0 Å². The number of hydrogen-bond donors (Lipinski definition) is 1. The van der Waals surface area contributed by atoms with Crippen LogP contribution in [0.1, 0.15) is 23.3 Å². The summed E-state index contributed by atoms with van der Waals surface area (Å²) >= 11 is 1.66. The number of nitrogens with one attached hydrogen (secondary N) is 1. The van der Waals surface area contributed by atoms with Crippen molar-refractivity contribution < 1.29 is 9.59 Å². The average Bonchev–Trinajstić information content (AvgIpc) is 2.80. The zero-order chi connectivity index (χ0) is 10.5. The molecule has 1 aromatic heterocycles. The SMILES string of the molecule is O=C1CCc2sccc2C12CCNC2=O. The maximum Gasteiger partial charge on any atom is 0.238 e. The number of ketones is 1. The Morgan fingerprint density at radius 1 is 1.33 bits per heavy atom.